The zero-order chi connectivity index (χ0) is 17.7. The van der Waals surface area contributed by atoms with E-state index in [1.807, 2.05) is 25.1 Å². The normalized spacial score (nSPS) is 13.1. The molecule has 0 saturated carbocycles. The fourth-order valence-electron chi connectivity index (χ4n) is 3.52. The molecule has 0 atom stereocenters. The number of imidazole rings is 1. The summed E-state index contributed by atoms with van der Waals surface area (Å²) in [5.41, 5.74) is 9.79. The van der Waals surface area contributed by atoms with Gasteiger partial charge in [-0.25, -0.2) is 9.97 Å². The van der Waals surface area contributed by atoms with E-state index in [0.717, 1.165) is 40.4 Å². The van der Waals surface area contributed by atoms with Crippen LogP contribution in [0.2, 0.25) is 0 Å². The molecule has 0 aliphatic carbocycles. The Morgan fingerprint density at radius 1 is 0.885 bits per heavy atom. The smallest absolute Gasteiger partial charge is 0.157 e. The lowest BCUT2D eigenvalue weighted by atomic mass is 10.0. The maximum Gasteiger partial charge on any atom is 0.157 e. The molecule has 4 heteroatoms. The van der Waals surface area contributed by atoms with Gasteiger partial charge in [-0.3, -0.25) is 4.99 Å². The Kier molecular flexibility index (Phi) is 3.25. The first kappa shape index (κ1) is 15.0. The van der Waals surface area contributed by atoms with Crippen molar-refractivity contribution < 1.29 is 0 Å². The summed E-state index contributed by atoms with van der Waals surface area (Å²) in [4.78, 5) is 17.2. The van der Waals surface area contributed by atoms with Crippen molar-refractivity contribution >= 4 is 22.4 Å². The number of aromatic amines is 1. The number of rotatable bonds is 2. The van der Waals surface area contributed by atoms with E-state index in [1.54, 1.807) is 0 Å². The summed E-state index contributed by atoms with van der Waals surface area (Å²) < 4.78 is 0. The van der Waals surface area contributed by atoms with Gasteiger partial charge in [0, 0.05) is 17.8 Å². The highest BCUT2D eigenvalue weighted by molar-refractivity contribution is 5.93. The second-order valence-electron chi connectivity index (χ2n) is 6.85. The minimum atomic E-state index is 0.804. The quantitative estimate of drug-likeness (QED) is 0.543. The van der Waals surface area contributed by atoms with Gasteiger partial charge in [0.15, 0.2) is 5.82 Å². The summed E-state index contributed by atoms with van der Waals surface area (Å²) in [6.45, 7) is 4.07. The van der Waals surface area contributed by atoms with Crippen LogP contribution in [-0.4, -0.2) is 20.7 Å². The molecule has 5 rings (SSSR count). The summed E-state index contributed by atoms with van der Waals surface area (Å²) in [6, 6.07) is 18.8. The molecule has 0 amide bonds. The fourth-order valence-corrected chi connectivity index (χ4v) is 3.52. The van der Waals surface area contributed by atoms with E-state index in [-0.39, 0.29) is 0 Å². The Labute approximate surface area is 151 Å². The average Bonchev–Trinajstić information content (AvgIpc) is 3.22. The zero-order valence-electron chi connectivity index (χ0n) is 14.7. The SMILES string of the molecule is CC1=Nc2ccc(-c3ccc4nc(-c5cccc(C)n5)[nH]c4c3)cc2C1. The third kappa shape index (κ3) is 2.51. The molecule has 126 valence electrons. The molecule has 1 aliphatic heterocycles. The second-order valence-corrected chi connectivity index (χ2v) is 6.85. The van der Waals surface area contributed by atoms with Gasteiger partial charge in [0.2, 0.25) is 0 Å². The molecule has 1 N–H and O–H groups in total. The Balaban J connectivity index is 1.56. The van der Waals surface area contributed by atoms with Gasteiger partial charge in [0.05, 0.1) is 16.7 Å². The van der Waals surface area contributed by atoms with Crippen LogP contribution in [0, 0.1) is 6.92 Å². The largest absolute Gasteiger partial charge is 0.337 e. The second kappa shape index (κ2) is 5.63. The van der Waals surface area contributed by atoms with Crippen molar-refractivity contribution in [3.63, 3.8) is 0 Å². The van der Waals surface area contributed by atoms with Crippen molar-refractivity contribution in [2.24, 2.45) is 4.99 Å². The first-order valence-electron chi connectivity index (χ1n) is 8.77. The van der Waals surface area contributed by atoms with E-state index in [2.05, 4.69) is 58.3 Å². The van der Waals surface area contributed by atoms with Gasteiger partial charge in [-0.1, -0.05) is 18.2 Å². The zero-order valence-corrected chi connectivity index (χ0v) is 14.7. The lowest BCUT2D eigenvalue weighted by Gasteiger charge is -2.04. The summed E-state index contributed by atoms with van der Waals surface area (Å²) in [7, 11) is 0. The number of fused-ring (bicyclic) bond motifs is 2. The maximum absolute atomic E-state index is 4.69. The van der Waals surface area contributed by atoms with Crippen molar-refractivity contribution in [2.45, 2.75) is 20.3 Å². The molecule has 3 heterocycles. The van der Waals surface area contributed by atoms with Gasteiger partial charge in [-0.15, -0.1) is 0 Å². The molecule has 0 bridgehead atoms. The third-order valence-electron chi connectivity index (χ3n) is 4.78. The number of benzene rings is 2. The van der Waals surface area contributed by atoms with E-state index in [1.165, 1.54) is 22.4 Å². The van der Waals surface area contributed by atoms with E-state index in [0.29, 0.717) is 0 Å². The Hall–Kier alpha value is -3.27. The van der Waals surface area contributed by atoms with Crippen LogP contribution in [0.25, 0.3) is 33.7 Å². The van der Waals surface area contributed by atoms with Crippen LogP contribution in [0.4, 0.5) is 5.69 Å². The number of nitrogens with one attached hydrogen (secondary N) is 1. The molecule has 0 fully saturated rings. The first-order valence-corrected chi connectivity index (χ1v) is 8.77. The molecular weight excluding hydrogens is 320 g/mol. The Morgan fingerprint density at radius 3 is 2.62 bits per heavy atom. The number of hydrogen-bond donors (Lipinski definition) is 1. The summed E-state index contributed by atoms with van der Waals surface area (Å²) in [5, 5.41) is 0. The van der Waals surface area contributed by atoms with Crippen LogP contribution in [-0.2, 0) is 6.42 Å². The predicted octanol–water partition coefficient (Wildman–Crippen LogP) is 5.25. The molecular formula is C22H18N4. The molecule has 4 aromatic rings. The molecule has 0 radical (unpaired) electrons. The topological polar surface area (TPSA) is 53.9 Å². The van der Waals surface area contributed by atoms with E-state index < -0.39 is 0 Å². The Morgan fingerprint density at radius 2 is 1.73 bits per heavy atom. The van der Waals surface area contributed by atoms with Crippen LogP contribution in [0.15, 0.2) is 59.6 Å². The highest BCUT2D eigenvalue weighted by atomic mass is 14.9. The van der Waals surface area contributed by atoms with Gasteiger partial charge >= 0.3 is 0 Å². The number of H-pyrrole nitrogens is 1. The minimum Gasteiger partial charge on any atom is -0.337 e. The lowest BCUT2D eigenvalue weighted by molar-refractivity contribution is 1.17. The van der Waals surface area contributed by atoms with Crippen LogP contribution in [0.5, 0.6) is 0 Å². The van der Waals surface area contributed by atoms with Crippen LogP contribution >= 0.6 is 0 Å². The molecule has 0 unspecified atom stereocenters. The molecule has 2 aromatic heterocycles. The highest BCUT2D eigenvalue weighted by Crippen LogP contribution is 2.32. The van der Waals surface area contributed by atoms with Crippen LogP contribution in [0.1, 0.15) is 18.2 Å². The van der Waals surface area contributed by atoms with E-state index in [4.69, 9.17) is 4.98 Å². The monoisotopic (exact) mass is 338 g/mol. The van der Waals surface area contributed by atoms with Gasteiger partial charge in [0.1, 0.15) is 5.69 Å². The van der Waals surface area contributed by atoms with Crippen molar-refractivity contribution in [3.8, 4) is 22.6 Å². The number of aromatic nitrogens is 3. The molecule has 4 nitrogen and oxygen atoms in total. The van der Waals surface area contributed by atoms with Gasteiger partial charge in [0.25, 0.3) is 0 Å². The number of aliphatic imine (C=N–C) groups is 1. The highest BCUT2D eigenvalue weighted by Gasteiger charge is 2.13. The summed E-state index contributed by atoms with van der Waals surface area (Å²) in [5.74, 6) is 0.804. The van der Waals surface area contributed by atoms with Crippen molar-refractivity contribution in [3.05, 3.63) is 65.9 Å². The van der Waals surface area contributed by atoms with Gasteiger partial charge in [-0.2, -0.15) is 0 Å². The maximum atomic E-state index is 4.69. The van der Waals surface area contributed by atoms with Crippen molar-refractivity contribution in [1.82, 2.24) is 15.0 Å². The standard InChI is InChI=1S/C22H18N4/c1-13-4-3-5-20(23-13)22-25-19-9-7-16(12-21(19)26-22)15-6-8-18-17(11-15)10-14(2)24-18/h3-9,11-12H,10H2,1-2H3,(H,25,26). The number of hydrogen-bond acceptors (Lipinski definition) is 3. The van der Waals surface area contributed by atoms with Crippen LogP contribution < -0.4 is 0 Å². The van der Waals surface area contributed by atoms with Crippen molar-refractivity contribution in [1.29, 1.82) is 0 Å². The first-order chi connectivity index (χ1) is 12.7. The van der Waals surface area contributed by atoms with E-state index >= 15 is 0 Å². The fraction of sp³-hybridized carbons (Fsp3) is 0.136. The molecule has 2 aromatic carbocycles. The van der Waals surface area contributed by atoms with Crippen molar-refractivity contribution in [2.75, 3.05) is 0 Å². The minimum absolute atomic E-state index is 0.804. The number of pyridine rings is 1. The molecule has 1 aliphatic rings. The lowest BCUT2D eigenvalue weighted by Crippen LogP contribution is -1.89. The third-order valence-corrected chi connectivity index (χ3v) is 4.78. The number of aryl methyl sites for hydroxylation is 1. The molecule has 0 spiro atoms. The molecule has 0 saturated heterocycles. The van der Waals surface area contributed by atoms with E-state index in [9.17, 15) is 0 Å². The Bertz CT molecular complexity index is 1180. The van der Waals surface area contributed by atoms with Gasteiger partial charge < -0.3 is 4.98 Å². The molecule has 26 heavy (non-hydrogen) atoms. The summed E-state index contributed by atoms with van der Waals surface area (Å²) >= 11 is 0. The number of nitrogens with zero attached hydrogens (tertiary/aromatic N) is 3. The van der Waals surface area contributed by atoms with Crippen LogP contribution in [0.3, 0.4) is 0 Å². The van der Waals surface area contributed by atoms with Gasteiger partial charge in [-0.05, 0) is 66.9 Å². The summed E-state index contributed by atoms with van der Waals surface area (Å²) in [6.07, 6.45) is 0.943. The average molecular weight is 338 g/mol. The predicted molar refractivity (Wildman–Crippen MR) is 106 cm³/mol.